The molecule has 30 heavy (non-hydrogen) atoms. The van der Waals surface area contributed by atoms with Crippen LogP contribution in [0.1, 0.15) is 41.5 Å². The molecule has 0 saturated carbocycles. The molecule has 4 nitrogen and oxygen atoms in total. The lowest BCUT2D eigenvalue weighted by Crippen LogP contribution is -2.38. The number of rotatable bonds is 10. The Morgan fingerprint density at radius 1 is 1.20 bits per heavy atom. The van der Waals surface area contributed by atoms with Gasteiger partial charge >= 0.3 is 0 Å². The van der Waals surface area contributed by atoms with Gasteiger partial charge in [0.15, 0.2) is 0 Å². The molecule has 0 fully saturated rings. The van der Waals surface area contributed by atoms with E-state index in [1.807, 2.05) is 31.2 Å². The van der Waals surface area contributed by atoms with Gasteiger partial charge in [-0.2, -0.15) is 0 Å². The first-order valence-corrected chi connectivity index (χ1v) is 10.4. The van der Waals surface area contributed by atoms with Crippen molar-refractivity contribution in [1.82, 2.24) is 0 Å². The summed E-state index contributed by atoms with van der Waals surface area (Å²) in [6, 6.07) is 5.94. The largest absolute Gasteiger partial charge is 0.397 e. The van der Waals surface area contributed by atoms with Crippen molar-refractivity contribution in [3.05, 3.63) is 78.5 Å². The maximum atomic E-state index is 6.23. The topological polar surface area (TPSA) is 67.3 Å². The average molecular weight is 409 g/mol. The van der Waals surface area contributed by atoms with E-state index in [1.165, 1.54) is 0 Å². The van der Waals surface area contributed by atoms with Crippen molar-refractivity contribution in [2.75, 3.05) is 29.1 Å². The predicted octanol–water partition coefficient (Wildman–Crippen LogP) is 6.23. The van der Waals surface area contributed by atoms with Crippen molar-refractivity contribution in [1.29, 1.82) is 0 Å². The van der Waals surface area contributed by atoms with E-state index < -0.39 is 0 Å². The second-order valence-electron chi connectivity index (χ2n) is 9.12. The van der Waals surface area contributed by atoms with Crippen LogP contribution in [0.3, 0.4) is 0 Å². The molecule has 1 aromatic rings. The van der Waals surface area contributed by atoms with Gasteiger partial charge in [0, 0.05) is 18.8 Å². The molecule has 0 spiro atoms. The van der Waals surface area contributed by atoms with Crippen LogP contribution in [0.25, 0.3) is 0 Å². The first kappa shape index (κ1) is 25.3. The summed E-state index contributed by atoms with van der Waals surface area (Å²) in [7, 11) is 0. The molecule has 164 valence electrons. The van der Waals surface area contributed by atoms with E-state index in [1.54, 1.807) is 11.1 Å². The van der Waals surface area contributed by atoms with Crippen LogP contribution in [0.2, 0.25) is 0 Å². The van der Waals surface area contributed by atoms with E-state index in [9.17, 15) is 0 Å². The predicted molar refractivity (Wildman–Crippen MR) is 135 cm³/mol. The van der Waals surface area contributed by atoms with Crippen LogP contribution in [0.15, 0.2) is 78.5 Å². The zero-order valence-corrected chi connectivity index (χ0v) is 19.6. The van der Waals surface area contributed by atoms with E-state index in [4.69, 9.17) is 11.6 Å². The number of nitrogens with zero attached hydrogens (tertiary/aromatic N) is 1. The zero-order chi connectivity index (χ0) is 22.9. The number of hydrogen-bond donors (Lipinski definition) is 3. The number of nitrogen functional groups attached to an aromatic ring is 1. The van der Waals surface area contributed by atoms with Gasteiger partial charge in [-0.15, -0.1) is 0 Å². The second kappa shape index (κ2) is 11.5. The van der Waals surface area contributed by atoms with Crippen LogP contribution in [0.4, 0.5) is 17.1 Å². The van der Waals surface area contributed by atoms with Gasteiger partial charge in [0.1, 0.15) is 0 Å². The number of nitrogens with two attached hydrogens (primary N) is 2. The van der Waals surface area contributed by atoms with E-state index in [2.05, 4.69) is 71.3 Å². The summed E-state index contributed by atoms with van der Waals surface area (Å²) in [5, 5.41) is 5.17. The Kier molecular flexibility index (Phi) is 9.67. The van der Waals surface area contributed by atoms with Crippen molar-refractivity contribution in [2.45, 2.75) is 41.5 Å². The lowest BCUT2D eigenvalue weighted by Gasteiger charge is -2.28. The molecule has 0 aliphatic heterocycles. The average Bonchev–Trinajstić information content (AvgIpc) is 2.64. The minimum atomic E-state index is 0.0969. The highest BCUT2D eigenvalue weighted by Crippen LogP contribution is 2.27. The molecule has 0 saturated heterocycles. The normalized spacial score (nSPS) is 14.0. The Morgan fingerprint density at radius 2 is 1.83 bits per heavy atom. The highest BCUT2D eigenvalue weighted by molar-refractivity contribution is 5.72. The van der Waals surface area contributed by atoms with E-state index in [0.717, 1.165) is 41.2 Å². The summed E-state index contributed by atoms with van der Waals surface area (Å²) in [6.07, 6.45) is 10.1. The zero-order valence-electron chi connectivity index (χ0n) is 19.6. The second-order valence-corrected chi connectivity index (χ2v) is 9.12. The van der Waals surface area contributed by atoms with Gasteiger partial charge in [-0.05, 0) is 60.1 Å². The van der Waals surface area contributed by atoms with Crippen LogP contribution < -0.4 is 21.9 Å². The summed E-state index contributed by atoms with van der Waals surface area (Å²) >= 11 is 0. The fraction of sp³-hybridized carbons (Fsp3) is 0.385. The number of benzene rings is 1. The van der Waals surface area contributed by atoms with Crippen molar-refractivity contribution >= 4 is 17.1 Å². The first-order valence-electron chi connectivity index (χ1n) is 10.4. The van der Waals surface area contributed by atoms with Crippen LogP contribution in [0, 0.1) is 11.3 Å². The molecule has 1 rings (SSSR count). The maximum Gasteiger partial charge on any atom is 0.0748 e. The molecule has 4 heteroatoms. The standard InChI is InChI=1S/C26H40N4/c1-9-11-20(3)22(5)21(4)13-10-12-19(2)17-29-23-14-15-25(24(27)16-23)30(28)18-26(6,7)8/h9-16,19,29H,1,5,17-18,27-28H2,2-4,6-8H3/b12-10-,20-11-,21-13+. The Hall–Kier alpha value is -2.72. The molecule has 0 aromatic heterocycles. The monoisotopic (exact) mass is 408 g/mol. The molecule has 0 aliphatic rings. The third-order valence-electron chi connectivity index (χ3n) is 4.72. The number of hydrazine groups is 1. The van der Waals surface area contributed by atoms with E-state index >= 15 is 0 Å². The molecule has 0 heterocycles. The molecule has 1 aromatic carbocycles. The lowest BCUT2D eigenvalue weighted by atomic mass is 9.96. The fourth-order valence-corrected chi connectivity index (χ4v) is 2.95. The Balaban J connectivity index is 2.65. The van der Waals surface area contributed by atoms with Crippen molar-refractivity contribution in [3.8, 4) is 0 Å². The van der Waals surface area contributed by atoms with Gasteiger partial charge in [-0.3, -0.25) is 0 Å². The molecule has 5 N–H and O–H groups in total. The van der Waals surface area contributed by atoms with Crippen molar-refractivity contribution in [2.24, 2.45) is 17.2 Å². The number of anilines is 3. The first-order chi connectivity index (χ1) is 13.9. The molecule has 0 radical (unpaired) electrons. The third-order valence-corrected chi connectivity index (χ3v) is 4.72. The summed E-state index contributed by atoms with van der Waals surface area (Å²) in [4.78, 5) is 0. The molecule has 0 amide bonds. The van der Waals surface area contributed by atoms with E-state index in [0.29, 0.717) is 11.6 Å². The van der Waals surface area contributed by atoms with Crippen LogP contribution in [-0.4, -0.2) is 13.1 Å². The quantitative estimate of drug-likeness (QED) is 0.186. The Morgan fingerprint density at radius 3 is 2.40 bits per heavy atom. The molecular formula is C26H40N4. The third kappa shape index (κ3) is 8.75. The fourth-order valence-electron chi connectivity index (χ4n) is 2.95. The van der Waals surface area contributed by atoms with Gasteiger partial charge in [0.2, 0.25) is 0 Å². The van der Waals surface area contributed by atoms with Gasteiger partial charge < -0.3 is 16.1 Å². The van der Waals surface area contributed by atoms with Crippen LogP contribution in [0.5, 0.6) is 0 Å². The number of allylic oxidation sites excluding steroid dienone is 7. The Bertz CT molecular complexity index is 822. The van der Waals surface area contributed by atoms with Crippen molar-refractivity contribution in [3.63, 3.8) is 0 Å². The number of hydrogen-bond acceptors (Lipinski definition) is 4. The summed E-state index contributed by atoms with van der Waals surface area (Å²) in [6.45, 7) is 22.2. The molecule has 1 atom stereocenters. The van der Waals surface area contributed by atoms with Gasteiger partial charge in [-0.25, -0.2) is 5.84 Å². The summed E-state index contributed by atoms with van der Waals surface area (Å²) in [5.74, 6) is 6.55. The van der Waals surface area contributed by atoms with Crippen molar-refractivity contribution < 1.29 is 0 Å². The summed E-state index contributed by atoms with van der Waals surface area (Å²) in [5.41, 5.74) is 12.1. The minimum absolute atomic E-state index is 0.0969. The SMILES string of the molecule is C=C/C=C(/C)C(=C)/C(C)=C/C=C\C(C)CNc1ccc(N(N)CC(C)(C)C)c(N)c1. The number of nitrogens with one attached hydrogen (secondary N) is 1. The molecule has 0 aliphatic carbocycles. The molecule has 0 bridgehead atoms. The van der Waals surface area contributed by atoms with Gasteiger partial charge in [0.05, 0.1) is 11.4 Å². The van der Waals surface area contributed by atoms with Crippen LogP contribution >= 0.6 is 0 Å². The molecule has 1 unspecified atom stereocenters. The maximum absolute atomic E-state index is 6.23. The van der Waals surface area contributed by atoms with Gasteiger partial charge in [-0.1, -0.05) is 71.2 Å². The highest BCUT2D eigenvalue weighted by Gasteiger charge is 2.16. The lowest BCUT2D eigenvalue weighted by molar-refractivity contribution is 0.412. The van der Waals surface area contributed by atoms with Gasteiger partial charge in [0.25, 0.3) is 0 Å². The van der Waals surface area contributed by atoms with E-state index in [-0.39, 0.29) is 5.41 Å². The smallest absolute Gasteiger partial charge is 0.0748 e. The Labute approximate surface area is 183 Å². The molecular weight excluding hydrogens is 368 g/mol. The summed E-state index contributed by atoms with van der Waals surface area (Å²) < 4.78 is 0. The van der Waals surface area contributed by atoms with Crippen LogP contribution in [-0.2, 0) is 0 Å². The minimum Gasteiger partial charge on any atom is -0.397 e. The highest BCUT2D eigenvalue weighted by atomic mass is 15.4.